The minimum Gasteiger partial charge on any atom is -0.386 e. The molecule has 0 spiro atoms. The highest BCUT2D eigenvalue weighted by atomic mass is 32.2. The fourth-order valence-electron chi connectivity index (χ4n) is 3.44. The maximum atomic E-state index is 11.7. The molecule has 0 aliphatic carbocycles. The quantitative estimate of drug-likeness (QED) is 0.522. The number of hydrogen-bond acceptors (Lipinski definition) is 4. The minimum atomic E-state index is -3.23. The number of nitrogens with one attached hydrogen (secondary N) is 1. The Morgan fingerprint density at radius 3 is 2.24 bits per heavy atom. The Balaban J connectivity index is 1.76. The highest BCUT2D eigenvalue weighted by molar-refractivity contribution is 7.90. The van der Waals surface area contributed by atoms with Crippen molar-refractivity contribution in [1.29, 1.82) is 0 Å². The lowest BCUT2D eigenvalue weighted by molar-refractivity contribution is 0.0792. The molecule has 1 aromatic heterocycles. The molecule has 5 nitrogen and oxygen atoms in total. The number of sulfone groups is 1. The van der Waals surface area contributed by atoms with Crippen molar-refractivity contribution in [2.24, 2.45) is 0 Å². The third-order valence-electron chi connectivity index (χ3n) is 4.93. The SMILES string of the molecule is CC(C)(O)c1ccccc1-c1ccc2nc(-c3ccc(S(C)(=O)=O)cc3)[nH]c2c1. The van der Waals surface area contributed by atoms with Crippen LogP contribution in [0, 0.1) is 0 Å². The summed E-state index contributed by atoms with van der Waals surface area (Å²) < 4.78 is 23.3. The summed E-state index contributed by atoms with van der Waals surface area (Å²) in [6.07, 6.45) is 1.19. The predicted molar refractivity (Wildman–Crippen MR) is 115 cm³/mol. The lowest BCUT2D eigenvalue weighted by Crippen LogP contribution is -2.16. The molecule has 0 bridgehead atoms. The predicted octanol–water partition coefficient (Wildman–Crippen LogP) is 4.53. The maximum Gasteiger partial charge on any atom is 0.175 e. The number of nitrogens with zero attached hydrogens (tertiary/aromatic N) is 1. The van der Waals surface area contributed by atoms with E-state index in [0.29, 0.717) is 5.82 Å². The summed E-state index contributed by atoms with van der Waals surface area (Å²) in [5, 5.41) is 10.5. The topological polar surface area (TPSA) is 83.1 Å². The molecule has 0 unspecified atom stereocenters. The summed E-state index contributed by atoms with van der Waals surface area (Å²) in [6, 6.07) is 20.4. The number of H-pyrrole nitrogens is 1. The molecule has 0 aliphatic rings. The normalized spacial score (nSPS) is 12.4. The van der Waals surface area contributed by atoms with Gasteiger partial charge in [-0.1, -0.05) is 30.3 Å². The van der Waals surface area contributed by atoms with Crippen LogP contribution in [0.15, 0.2) is 71.6 Å². The van der Waals surface area contributed by atoms with Crippen LogP contribution >= 0.6 is 0 Å². The van der Waals surface area contributed by atoms with E-state index in [-0.39, 0.29) is 4.90 Å². The second-order valence-electron chi connectivity index (χ2n) is 7.72. The van der Waals surface area contributed by atoms with Crippen molar-refractivity contribution in [3.8, 4) is 22.5 Å². The number of benzene rings is 3. The summed E-state index contributed by atoms with van der Waals surface area (Å²) in [5.41, 5.74) is 4.36. The Morgan fingerprint density at radius 2 is 1.59 bits per heavy atom. The Labute approximate surface area is 170 Å². The molecule has 6 heteroatoms. The van der Waals surface area contributed by atoms with Gasteiger partial charge >= 0.3 is 0 Å². The van der Waals surface area contributed by atoms with Crippen LogP contribution in [0.4, 0.5) is 0 Å². The van der Waals surface area contributed by atoms with Crippen molar-refractivity contribution in [2.45, 2.75) is 24.3 Å². The van der Waals surface area contributed by atoms with Crippen molar-refractivity contribution < 1.29 is 13.5 Å². The molecule has 2 N–H and O–H groups in total. The van der Waals surface area contributed by atoms with E-state index < -0.39 is 15.4 Å². The molecule has 0 atom stereocenters. The van der Waals surface area contributed by atoms with Gasteiger partial charge in [0.05, 0.1) is 21.5 Å². The molecule has 29 heavy (non-hydrogen) atoms. The molecule has 0 saturated heterocycles. The number of aromatic amines is 1. The van der Waals surface area contributed by atoms with E-state index in [1.807, 2.05) is 42.5 Å². The van der Waals surface area contributed by atoms with Gasteiger partial charge in [0.25, 0.3) is 0 Å². The third-order valence-corrected chi connectivity index (χ3v) is 6.06. The van der Waals surface area contributed by atoms with Gasteiger partial charge in [-0.2, -0.15) is 0 Å². The minimum absolute atomic E-state index is 0.280. The van der Waals surface area contributed by atoms with Gasteiger partial charge in [-0.05, 0) is 66.9 Å². The van der Waals surface area contributed by atoms with E-state index in [0.717, 1.165) is 33.3 Å². The molecule has 0 saturated carbocycles. The van der Waals surface area contributed by atoms with Gasteiger partial charge in [0, 0.05) is 11.8 Å². The summed E-state index contributed by atoms with van der Waals surface area (Å²) in [4.78, 5) is 8.22. The van der Waals surface area contributed by atoms with E-state index in [1.54, 1.807) is 38.1 Å². The molecule has 0 amide bonds. The molecule has 4 aromatic rings. The smallest absolute Gasteiger partial charge is 0.175 e. The average Bonchev–Trinajstić information content (AvgIpc) is 3.10. The van der Waals surface area contributed by atoms with Gasteiger partial charge in [-0.25, -0.2) is 13.4 Å². The zero-order valence-electron chi connectivity index (χ0n) is 16.5. The number of rotatable bonds is 4. The number of fused-ring (bicyclic) bond motifs is 1. The zero-order chi connectivity index (χ0) is 20.8. The van der Waals surface area contributed by atoms with Crippen LogP contribution in [0.5, 0.6) is 0 Å². The molecule has 0 radical (unpaired) electrons. The van der Waals surface area contributed by atoms with Gasteiger partial charge in [0.15, 0.2) is 9.84 Å². The molecule has 3 aromatic carbocycles. The van der Waals surface area contributed by atoms with E-state index >= 15 is 0 Å². The monoisotopic (exact) mass is 406 g/mol. The highest BCUT2D eigenvalue weighted by Crippen LogP contribution is 2.33. The number of imidazole rings is 1. The first-order valence-electron chi connectivity index (χ1n) is 9.25. The lowest BCUT2D eigenvalue weighted by Gasteiger charge is -2.21. The first kappa shape index (κ1) is 19.4. The van der Waals surface area contributed by atoms with E-state index in [2.05, 4.69) is 9.97 Å². The Morgan fingerprint density at radius 1 is 0.931 bits per heavy atom. The van der Waals surface area contributed by atoms with Gasteiger partial charge in [0.1, 0.15) is 5.82 Å². The second kappa shape index (κ2) is 6.83. The van der Waals surface area contributed by atoms with E-state index in [1.165, 1.54) is 6.26 Å². The summed E-state index contributed by atoms with van der Waals surface area (Å²) in [5.74, 6) is 0.674. The van der Waals surface area contributed by atoms with Gasteiger partial charge in [0.2, 0.25) is 0 Å². The van der Waals surface area contributed by atoms with Crippen LogP contribution in [0.25, 0.3) is 33.5 Å². The van der Waals surface area contributed by atoms with Crippen LogP contribution in [0.2, 0.25) is 0 Å². The van der Waals surface area contributed by atoms with Crippen LogP contribution in [-0.4, -0.2) is 29.7 Å². The van der Waals surface area contributed by atoms with Crippen molar-refractivity contribution >= 4 is 20.9 Å². The Bertz CT molecular complexity index is 1300. The van der Waals surface area contributed by atoms with Crippen LogP contribution < -0.4 is 0 Å². The molecular weight excluding hydrogens is 384 g/mol. The molecule has 0 fully saturated rings. The van der Waals surface area contributed by atoms with Gasteiger partial charge in [-0.15, -0.1) is 0 Å². The number of hydrogen-bond donors (Lipinski definition) is 2. The highest BCUT2D eigenvalue weighted by Gasteiger charge is 2.20. The third kappa shape index (κ3) is 3.81. The summed E-state index contributed by atoms with van der Waals surface area (Å²) >= 11 is 0. The fourth-order valence-corrected chi connectivity index (χ4v) is 4.07. The molecule has 1 heterocycles. The van der Waals surface area contributed by atoms with Crippen molar-refractivity contribution in [3.05, 3.63) is 72.3 Å². The molecule has 4 rings (SSSR count). The average molecular weight is 407 g/mol. The van der Waals surface area contributed by atoms with Crippen LogP contribution in [-0.2, 0) is 15.4 Å². The molecular formula is C23H22N2O3S. The van der Waals surface area contributed by atoms with Crippen molar-refractivity contribution in [2.75, 3.05) is 6.26 Å². The molecule has 0 aliphatic heterocycles. The number of aromatic nitrogens is 2. The summed E-state index contributed by atoms with van der Waals surface area (Å²) in [7, 11) is -3.23. The lowest BCUT2D eigenvalue weighted by atomic mass is 9.89. The Hall–Kier alpha value is -2.96. The van der Waals surface area contributed by atoms with Gasteiger partial charge in [-0.3, -0.25) is 0 Å². The van der Waals surface area contributed by atoms with E-state index in [4.69, 9.17) is 0 Å². The van der Waals surface area contributed by atoms with Crippen LogP contribution in [0.3, 0.4) is 0 Å². The van der Waals surface area contributed by atoms with Gasteiger partial charge < -0.3 is 10.1 Å². The van der Waals surface area contributed by atoms with Crippen molar-refractivity contribution in [1.82, 2.24) is 9.97 Å². The first-order valence-corrected chi connectivity index (χ1v) is 11.1. The second-order valence-corrected chi connectivity index (χ2v) is 9.73. The standard InChI is InChI=1S/C23H22N2O3S/c1-23(2,26)19-7-5-4-6-18(19)16-10-13-20-21(14-16)25-22(24-20)15-8-11-17(12-9-15)29(3,27)28/h4-14,26H,1-3H3,(H,24,25). The summed E-state index contributed by atoms with van der Waals surface area (Å²) in [6.45, 7) is 3.55. The maximum absolute atomic E-state index is 11.7. The van der Waals surface area contributed by atoms with Crippen LogP contribution in [0.1, 0.15) is 19.4 Å². The van der Waals surface area contributed by atoms with Crippen molar-refractivity contribution in [3.63, 3.8) is 0 Å². The number of aliphatic hydroxyl groups is 1. The Kier molecular flexibility index (Phi) is 4.56. The first-order chi connectivity index (χ1) is 13.6. The fraction of sp³-hybridized carbons (Fsp3) is 0.174. The largest absolute Gasteiger partial charge is 0.386 e. The molecule has 148 valence electrons. The van der Waals surface area contributed by atoms with E-state index in [9.17, 15) is 13.5 Å². The zero-order valence-corrected chi connectivity index (χ0v) is 17.3.